The summed E-state index contributed by atoms with van der Waals surface area (Å²) in [7, 11) is 0. The van der Waals surface area contributed by atoms with Gasteiger partial charge in [0, 0.05) is 12.6 Å². The molecular weight excluding hydrogens is 425 g/mol. The topological polar surface area (TPSA) is 75.4 Å². The molecule has 0 bridgehead atoms. The molecule has 152 valence electrons. The van der Waals surface area contributed by atoms with Crippen molar-refractivity contribution in [3.05, 3.63) is 70.1 Å². The number of fused-ring (bicyclic) bond motifs is 1. The van der Waals surface area contributed by atoms with Crippen molar-refractivity contribution in [2.24, 2.45) is 0 Å². The lowest BCUT2D eigenvalue weighted by Crippen LogP contribution is -2.33. The highest BCUT2D eigenvalue weighted by molar-refractivity contribution is 8.26. The first kappa shape index (κ1) is 20.2. The summed E-state index contributed by atoms with van der Waals surface area (Å²) in [5.41, 5.74) is 3.32. The van der Waals surface area contributed by atoms with E-state index in [-0.39, 0.29) is 15.0 Å². The summed E-state index contributed by atoms with van der Waals surface area (Å²) in [6, 6.07) is 12.3. The number of aryl methyl sites for hydroxylation is 1. The van der Waals surface area contributed by atoms with E-state index < -0.39 is 18.4 Å². The van der Waals surface area contributed by atoms with E-state index >= 15 is 0 Å². The zero-order valence-corrected chi connectivity index (χ0v) is 17.5. The Kier molecular flexibility index (Phi) is 5.40. The third kappa shape index (κ3) is 3.99. The van der Waals surface area contributed by atoms with Crippen molar-refractivity contribution in [2.45, 2.75) is 13.5 Å². The fraction of sp³-hybridized carbons (Fsp3) is 0.143. The van der Waals surface area contributed by atoms with Crippen LogP contribution in [0, 0.1) is 12.7 Å². The van der Waals surface area contributed by atoms with Gasteiger partial charge in [-0.1, -0.05) is 53.8 Å². The predicted molar refractivity (Wildman–Crippen MR) is 117 cm³/mol. The molecule has 2 aromatic carbocycles. The van der Waals surface area contributed by atoms with Gasteiger partial charge in [-0.25, -0.2) is 9.37 Å². The van der Waals surface area contributed by atoms with E-state index in [9.17, 15) is 14.0 Å². The van der Waals surface area contributed by atoms with Crippen LogP contribution >= 0.6 is 24.0 Å². The second-order valence-corrected chi connectivity index (χ2v) is 8.51. The van der Waals surface area contributed by atoms with Crippen molar-refractivity contribution in [3.63, 3.8) is 0 Å². The summed E-state index contributed by atoms with van der Waals surface area (Å²) in [6.07, 6.45) is 1.58. The number of nitrogens with zero attached hydrogens (tertiary/aromatic N) is 3. The van der Waals surface area contributed by atoms with E-state index in [2.05, 4.69) is 4.98 Å². The van der Waals surface area contributed by atoms with Gasteiger partial charge in [0.2, 0.25) is 0 Å². The van der Waals surface area contributed by atoms with Crippen LogP contribution in [-0.4, -0.2) is 42.3 Å². The number of hydrogen-bond donors (Lipinski definition) is 1. The maximum absolute atomic E-state index is 13.9. The van der Waals surface area contributed by atoms with Crippen LogP contribution < -0.4 is 0 Å². The molecule has 0 unspecified atom stereocenters. The monoisotopic (exact) mass is 441 g/mol. The van der Waals surface area contributed by atoms with Gasteiger partial charge in [0.15, 0.2) is 0 Å². The van der Waals surface area contributed by atoms with Crippen molar-refractivity contribution in [1.29, 1.82) is 0 Å². The SMILES string of the molecule is Cc1ccc(Cn2c(/C=C3\SC(=S)N(CC(=O)O)C3=O)nc3ccc(F)cc32)cc1. The van der Waals surface area contributed by atoms with Gasteiger partial charge in [0.1, 0.15) is 22.5 Å². The smallest absolute Gasteiger partial charge is 0.323 e. The average Bonchev–Trinajstić information content (AvgIpc) is 3.15. The average molecular weight is 442 g/mol. The van der Waals surface area contributed by atoms with Crippen LogP contribution in [0.2, 0.25) is 0 Å². The maximum Gasteiger partial charge on any atom is 0.323 e. The summed E-state index contributed by atoms with van der Waals surface area (Å²) in [5, 5.41) is 9.00. The van der Waals surface area contributed by atoms with Crippen molar-refractivity contribution in [3.8, 4) is 0 Å². The molecule has 0 atom stereocenters. The molecule has 6 nitrogen and oxygen atoms in total. The number of halogens is 1. The minimum absolute atomic E-state index is 0.181. The van der Waals surface area contributed by atoms with Crippen LogP contribution in [0.5, 0.6) is 0 Å². The fourth-order valence-electron chi connectivity index (χ4n) is 3.16. The molecule has 30 heavy (non-hydrogen) atoms. The summed E-state index contributed by atoms with van der Waals surface area (Å²) in [5.74, 6) is -1.54. The summed E-state index contributed by atoms with van der Waals surface area (Å²) in [4.78, 5) is 29.5. The zero-order chi connectivity index (χ0) is 21.4. The molecule has 1 N–H and O–H groups in total. The van der Waals surface area contributed by atoms with Crippen LogP contribution in [0.1, 0.15) is 17.0 Å². The molecule has 0 aliphatic carbocycles. The quantitative estimate of drug-likeness (QED) is 0.479. The Bertz CT molecular complexity index is 1220. The van der Waals surface area contributed by atoms with Gasteiger partial charge < -0.3 is 9.67 Å². The van der Waals surface area contributed by atoms with Crippen molar-refractivity contribution in [1.82, 2.24) is 14.5 Å². The Hall–Kier alpha value is -3.04. The first-order valence-electron chi connectivity index (χ1n) is 9.00. The Morgan fingerprint density at radius 3 is 2.70 bits per heavy atom. The standard InChI is InChI=1S/C21H16FN3O3S2/c1-12-2-4-13(5-3-12)10-24-16-8-14(22)6-7-15(16)23-18(24)9-17-20(28)25(11-19(26)27)21(29)30-17/h2-9H,10-11H2,1H3,(H,26,27)/b17-9-. The number of aliphatic carboxylic acids is 1. The van der Waals surface area contributed by atoms with Crippen LogP contribution in [0.4, 0.5) is 4.39 Å². The highest BCUT2D eigenvalue weighted by Crippen LogP contribution is 2.33. The molecule has 1 aliphatic rings. The number of thioether (sulfide) groups is 1. The van der Waals surface area contributed by atoms with E-state index in [1.807, 2.05) is 35.8 Å². The molecule has 4 rings (SSSR count). The number of carboxylic acids is 1. The van der Waals surface area contributed by atoms with Crippen molar-refractivity contribution >= 4 is 57.3 Å². The van der Waals surface area contributed by atoms with Gasteiger partial charge in [-0.3, -0.25) is 14.5 Å². The molecule has 0 spiro atoms. The maximum atomic E-state index is 13.9. The molecular formula is C21H16FN3O3S2. The molecule has 1 aromatic heterocycles. The summed E-state index contributed by atoms with van der Waals surface area (Å²) < 4.78 is 15.9. The normalized spacial score (nSPS) is 15.5. The van der Waals surface area contributed by atoms with Crippen molar-refractivity contribution < 1.29 is 19.1 Å². The third-order valence-corrected chi connectivity index (χ3v) is 6.01. The molecule has 1 fully saturated rings. The number of carbonyl (C=O) groups is 2. The first-order valence-corrected chi connectivity index (χ1v) is 10.2. The fourth-order valence-corrected chi connectivity index (χ4v) is 4.38. The second-order valence-electron chi connectivity index (χ2n) is 6.84. The minimum Gasteiger partial charge on any atom is -0.480 e. The van der Waals surface area contributed by atoms with Gasteiger partial charge in [0.05, 0.1) is 15.9 Å². The van der Waals surface area contributed by atoms with Crippen LogP contribution in [0.25, 0.3) is 17.1 Å². The number of imidazole rings is 1. The summed E-state index contributed by atoms with van der Waals surface area (Å²) in [6.45, 7) is 1.94. The second kappa shape index (κ2) is 8.00. The van der Waals surface area contributed by atoms with E-state index in [0.717, 1.165) is 27.8 Å². The van der Waals surface area contributed by atoms with Gasteiger partial charge in [-0.15, -0.1) is 0 Å². The summed E-state index contributed by atoms with van der Waals surface area (Å²) >= 11 is 6.17. The van der Waals surface area contributed by atoms with Crippen LogP contribution in [-0.2, 0) is 16.1 Å². The lowest BCUT2D eigenvalue weighted by molar-refractivity contribution is -0.140. The Morgan fingerprint density at radius 2 is 2.00 bits per heavy atom. The predicted octanol–water partition coefficient (Wildman–Crippen LogP) is 3.82. The minimum atomic E-state index is -1.14. The Labute approximate surface area is 181 Å². The number of amides is 1. The third-order valence-electron chi connectivity index (χ3n) is 4.63. The highest BCUT2D eigenvalue weighted by atomic mass is 32.2. The first-order chi connectivity index (χ1) is 14.3. The number of benzene rings is 2. The molecule has 1 saturated heterocycles. The Balaban J connectivity index is 1.78. The molecule has 9 heteroatoms. The number of carbonyl (C=O) groups excluding carboxylic acids is 1. The van der Waals surface area contributed by atoms with Gasteiger partial charge >= 0.3 is 5.97 Å². The Morgan fingerprint density at radius 1 is 1.27 bits per heavy atom. The van der Waals surface area contributed by atoms with Gasteiger partial charge in [-0.05, 0) is 30.7 Å². The zero-order valence-electron chi connectivity index (χ0n) is 15.8. The van der Waals surface area contributed by atoms with E-state index in [0.29, 0.717) is 23.4 Å². The van der Waals surface area contributed by atoms with Crippen LogP contribution in [0.3, 0.4) is 0 Å². The number of aromatic nitrogens is 2. The van der Waals surface area contributed by atoms with Gasteiger partial charge in [0.25, 0.3) is 5.91 Å². The molecule has 0 saturated carbocycles. The number of rotatable bonds is 5. The molecule has 3 aromatic rings. The van der Waals surface area contributed by atoms with E-state index in [1.54, 1.807) is 12.1 Å². The lowest BCUT2D eigenvalue weighted by Gasteiger charge is -2.10. The highest BCUT2D eigenvalue weighted by Gasteiger charge is 2.33. The lowest BCUT2D eigenvalue weighted by atomic mass is 10.1. The molecule has 1 aliphatic heterocycles. The molecule has 0 radical (unpaired) electrons. The van der Waals surface area contributed by atoms with Gasteiger partial charge in [-0.2, -0.15) is 0 Å². The number of carboxylic acid groups (broad SMARTS) is 1. The number of hydrogen-bond acceptors (Lipinski definition) is 5. The van der Waals surface area contributed by atoms with E-state index in [1.165, 1.54) is 12.1 Å². The number of thiocarbonyl (C=S) groups is 1. The largest absolute Gasteiger partial charge is 0.480 e. The molecule has 2 heterocycles. The molecule has 1 amide bonds. The van der Waals surface area contributed by atoms with Crippen molar-refractivity contribution in [2.75, 3.05) is 6.54 Å². The van der Waals surface area contributed by atoms with E-state index in [4.69, 9.17) is 17.3 Å². The van der Waals surface area contributed by atoms with Crippen LogP contribution in [0.15, 0.2) is 47.4 Å².